The molecule has 2 aromatic carbocycles. The van der Waals surface area contributed by atoms with Crippen molar-refractivity contribution in [3.8, 4) is 5.75 Å². The highest BCUT2D eigenvalue weighted by Gasteiger charge is 2.19. The van der Waals surface area contributed by atoms with Gasteiger partial charge in [0, 0.05) is 6.42 Å². The molecule has 2 rings (SSSR count). The zero-order chi connectivity index (χ0) is 16.7. The van der Waals surface area contributed by atoms with Crippen LogP contribution in [0.5, 0.6) is 5.75 Å². The molecular formula is C21H28O. The summed E-state index contributed by atoms with van der Waals surface area (Å²) in [4.78, 5) is 0. The molecule has 0 aliphatic rings. The molecule has 0 aliphatic heterocycles. The van der Waals surface area contributed by atoms with Gasteiger partial charge in [0.1, 0.15) is 5.75 Å². The molecule has 0 atom stereocenters. The highest BCUT2D eigenvalue weighted by Crippen LogP contribution is 2.32. The second-order valence-corrected chi connectivity index (χ2v) is 7.61. The number of aromatic hydroxyl groups is 1. The Hall–Kier alpha value is -1.76. The minimum Gasteiger partial charge on any atom is -0.507 e. The fourth-order valence-corrected chi connectivity index (χ4v) is 3.28. The second-order valence-electron chi connectivity index (χ2n) is 7.61. The Kier molecular flexibility index (Phi) is 4.37. The molecule has 0 fully saturated rings. The third-order valence-electron chi connectivity index (χ3n) is 4.37. The molecule has 0 unspecified atom stereocenters. The Bertz CT molecular complexity index is 703. The highest BCUT2D eigenvalue weighted by molar-refractivity contribution is 5.48. The van der Waals surface area contributed by atoms with Crippen LogP contribution >= 0.6 is 0 Å². The van der Waals surface area contributed by atoms with Crippen LogP contribution in [0.15, 0.2) is 24.3 Å². The highest BCUT2D eigenvalue weighted by atomic mass is 16.3. The van der Waals surface area contributed by atoms with Gasteiger partial charge in [-0.15, -0.1) is 0 Å². The number of hydrogen-bond acceptors (Lipinski definition) is 1. The van der Waals surface area contributed by atoms with E-state index < -0.39 is 0 Å². The van der Waals surface area contributed by atoms with Crippen LogP contribution in [0.2, 0.25) is 0 Å². The topological polar surface area (TPSA) is 20.2 Å². The summed E-state index contributed by atoms with van der Waals surface area (Å²) in [6.45, 7) is 15.2. The molecule has 1 heteroatoms. The van der Waals surface area contributed by atoms with Crippen LogP contribution in [0.3, 0.4) is 0 Å². The first kappa shape index (κ1) is 16.6. The van der Waals surface area contributed by atoms with Crippen molar-refractivity contribution in [2.75, 3.05) is 0 Å². The molecule has 0 heterocycles. The molecule has 0 amide bonds. The van der Waals surface area contributed by atoms with Gasteiger partial charge in [-0.1, -0.05) is 56.2 Å². The van der Waals surface area contributed by atoms with Crippen molar-refractivity contribution in [3.05, 3.63) is 63.2 Å². The Morgan fingerprint density at radius 1 is 0.818 bits per heavy atom. The summed E-state index contributed by atoms with van der Waals surface area (Å²) in [6.07, 6.45) is 0.783. The lowest BCUT2D eigenvalue weighted by Crippen LogP contribution is -2.15. The summed E-state index contributed by atoms with van der Waals surface area (Å²) in [5.41, 5.74) is 8.65. The van der Waals surface area contributed by atoms with Gasteiger partial charge < -0.3 is 5.11 Å². The van der Waals surface area contributed by atoms with Crippen LogP contribution in [-0.2, 0) is 11.8 Å². The molecule has 0 bridgehead atoms. The van der Waals surface area contributed by atoms with Crippen molar-refractivity contribution in [1.82, 2.24) is 0 Å². The Morgan fingerprint density at radius 2 is 1.36 bits per heavy atom. The lowest BCUT2D eigenvalue weighted by molar-refractivity contribution is 0.465. The minimum atomic E-state index is 0.134. The third kappa shape index (κ3) is 3.35. The van der Waals surface area contributed by atoms with Crippen molar-refractivity contribution in [2.24, 2.45) is 0 Å². The lowest BCUT2D eigenvalue weighted by Gasteiger charge is -2.24. The molecule has 0 aliphatic carbocycles. The summed E-state index contributed by atoms with van der Waals surface area (Å²) in [5.74, 6) is 0.434. The largest absolute Gasteiger partial charge is 0.507 e. The fraction of sp³-hybridized carbons (Fsp3) is 0.429. The van der Waals surface area contributed by atoms with Crippen LogP contribution in [-0.4, -0.2) is 5.11 Å². The lowest BCUT2D eigenvalue weighted by atomic mass is 9.80. The average Bonchev–Trinajstić information content (AvgIpc) is 2.37. The van der Waals surface area contributed by atoms with E-state index in [-0.39, 0.29) is 5.41 Å². The fourth-order valence-electron chi connectivity index (χ4n) is 3.28. The molecule has 2 aromatic rings. The van der Waals surface area contributed by atoms with Gasteiger partial charge in [0.15, 0.2) is 0 Å². The third-order valence-corrected chi connectivity index (χ3v) is 4.37. The molecule has 0 saturated carbocycles. The van der Waals surface area contributed by atoms with E-state index in [2.05, 4.69) is 59.7 Å². The maximum atomic E-state index is 10.4. The van der Waals surface area contributed by atoms with E-state index in [0.29, 0.717) is 5.75 Å². The molecule has 1 N–H and O–H groups in total. The van der Waals surface area contributed by atoms with Gasteiger partial charge in [0.05, 0.1) is 0 Å². The Morgan fingerprint density at radius 3 is 1.95 bits per heavy atom. The summed E-state index contributed by atoms with van der Waals surface area (Å²) in [6, 6.07) is 8.67. The zero-order valence-corrected chi connectivity index (χ0v) is 15.0. The summed E-state index contributed by atoms with van der Waals surface area (Å²) >= 11 is 0. The van der Waals surface area contributed by atoms with Gasteiger partial charge in [0.25, 0.3) is 0 Å². The number of benzene rings is 2. The summed E-state index contributed by atoms with van der Waals surface area (Å²) in [7, 11) is 0. The molecule has 0 radical (unpaired) electrons. The number of rotatable bonds is 2. The monoisotopic (exact) mass is 296 g/mol. The van der Waals surface area contributed by atoms with Gasteiger partial charge in [-0.2, -0.15) is 0 Å². The smallest absolute Gasteiger partial charge is 0.122 e. The average molecular weight is 296 g/mol. The molecule has 1 nitrogen and oxygen atoms in total. The van der Waals surface area contributed by atoms with Crippen molar-refractivity contribution < 1.29 is 5.11 Å². The van der Waals surface area contributed by atoms with E-state index in [1.165, 1.54) is 27.8 Å². The van der Waals surface area contributed by atoms with E-state index in [0.717, 1.165) is 17.5 Å². The van der Waals surface area contributed by atoms with Gasteiger partial charge >= 0.3 is 0 Å². The standard InChI is InChI=1S/C21H28O/c1-13-8-15(3)20(22)18(10-13)12-17-9-14(2)11-19(16(17)4)21(5,6)7/h8-11,22H,12H2,1-7H3. The predicted molar refractivity (Wildman–Crippen MR) is 95.0 cm³/mol. The zero-order valence-electron chi connectivity index (χ0n) is 15.0. The molecular weight excluding hydrogens is 268 g/mol. The molecule has 118 valence electrons. The van der Waals surface area contributed by atoms with E-state index in [1.54, 1.807) is 0 Å². The number of aryl methyl sites for hydroxylation is 3. The van der Waals surface area contributed by atoms with Crippen LogP contribution < -0.4 is 0 Å². The van der Waals surface area contributed by atoms with E-state index in [4.69, 9.17) is 0 Å². The first-order valence-corrected chi connectivity index (χ1v) is 7.99. The minimum absolute atomic E-state index is 0.134. The van der Waals surface area contributed by atoms with E-state index >= 15 is 0 Å². The van der Waals surface area contributed by atoms with Gasteiger partial charge in [0.2, 0.25) is 0 Å². The first-order valence-electron chi connectivity index (χ1n) is 7.99. The number of phenols is 1. The molecule has 0 spiro atoms. The Labute approximate surface area is 135 Å². The van der Waals surface area contributed by atoms with Crippen molar-refractivity contribution >= 4 is 0 Å². The van der Waals surface area contributed by atoms with Crippen LogP contribution in [0.25, 0.3) is 0 Å². The number of hydrogen-bond donors (Lipinski definition) is 1. The molecule has 0 aromatic heterocycles. The normalized spacial score (nSPS) is 11.8. The van der Waals surface area contributed by atoms with Crippen molar-refractivity contribution in [3.63, 3.8) is 0 Å². The molecule has 22 heavy (non-hydrogen) atoms. The van der Waals surface area contributed by atoms with Gasteiger partial charge in [-0.25, -0.2) is 0 Å². The summed E-state index contributed by atoms with van der Waals surface area (Å²) < 4.78 is 0. The van der Waals surface area contributed by atoms with E-state index in [1.807, 2.05) is 13.0 Å². The van der Waals surface area contributed by atoms with Crippen molar-refractivity contribution in [2.45, 2.75) is 60.3 Å². The van der Waals surface area contributed by atoms with Crippen LogP contribution in [0.1, 0.15) is 59.7 Å². The van der Waals surface area contributed by atoms with E-state index in [9.17, 15) is 5.11 Å². The quantitative estimate of drug-likeness (QED) is 0.774. The van der Waals surface area contributed by atoms with Crippen LogP contribution in [0.4, 0.5) is 0 Å². The molecule has 0 saturated heterocycles. The second kappa shape index (κ2) is 5.79. The maximum Gasteiger partial charge on any atom is 0.122 e. The SMILES string of the molecule is Cc1cc(C)c(O)c(Cc2cc(C)cc(C(C)(C)C)c2C)c1. The van der Waals surface area contributed by atoms with Crippen LogP contribution in [0, 0.1) is 27.7 Å². The van der Waals surface area contributed by atoms with Gasteiger partial charge in [-0.3, -0.25) is 0 Å². The maximum absolute atomic E-state index is 10.4. The van der Waals surface area contributed by atoms with Gasteiger partial charge in [-0.05, 0) is 60.9 Å². The predicted octanol–water partition coefficient (Wildman–Crippen LogP) is 5.51. The Balaban J connectivity index is 2.54. The van der Waals surface area contributed by atoms with Crippen molar-refractivity contribution in [1.29, 1.82) is 0 Å². The first-order chi connectivity index (χ1) is 10.1. The number of phenolic OH excluding ortho intramolecular Hbond substituents is 1. The summed E-state index contributed by atoms with van der Waals surface area (Å²) in [5, 5.41) is 10.4.